The first-order chi connectivity index (χ1) is 13.3. The van der Waals surface area contributed by atoms with E-state index in [1.807, 2.05) is 0 Å². The zero-order chi connectivity index (χ0) is 18.4. The quantitative estimate of drug-likeness (QED) is 0.225. The highest BCUT2D eigenvalue weighted by atomic mass is 14.2. The number of fused-ring (bicyclic) bond motifs is 4. The van der Waals surface area contributed by atoms with Gasteiger partial charge in [-0.1, -0.05) is 105 Å². The molecule has 0 radical (unpaired) electrons. The fourth-order valence-corrected chi connectivity index (χ4v) is 4.51. The Hall–Kier alpha value is -3.12. The van der Waals surface area contributed by atoms with Gasteiger partial charge in [-0.15, -0.1) is 0 Å². The first-order valence-corrected chi connectivity index (χ1v) is 9.67. The maximum atomic E-state index is 2.33. The van der Waals surface area contributed by atoms with Crippen molar-refractivity contribution in [2.75, 3.05) is 0 Å². The van der Waals surface area contributed by atoms with Crippen molar-refractivity contribution in [3.05, 3.63) is 96.6 Å². The van der Waals surface area contributed by atoms with E-state index < -0.39 is 0 Å². The Morgan fingerprint density at radius 2 is 1.15 bits per heavy atom. The molecule has 0 saturated carbocycles. The zero-order valence-corrected chi connectivity index (χ0v) is 15.7. The fourth-order valence-electron chi connectivity index (χ4n) is 4.51. The van der Waals surface area contributed by atoms with Crippen molar-refractivity contribution in [1.82, 2.24) is 0 Å². The van der Waals surface area contributed by atoms with Crippen molar-refractivity contribution in [2.45, 2.75) is 19.8 Å². The monoisotopic (exact) mass is 346 g/mol. The van der Waals surface area contributed by atoms with Gasteiger partial charge < -0.3 is 0 Å². The summed E-state index contributed by atoms with van der Waals surface area (Å²) in [6, 6.07) is 33.1. The Morgan fingerprint density at radius 3 is 1.89 bits per heavy atom. The highest BCUT2D eigenvalue weighted by molar-refractivity contribution is 6.23. The molecule has 0 spiro atoms. The molecule has 0 aliphatic heterocycles. The summed E-state index contributed by atoms with van der Waals surface area (Å²) >= 11 is 0. The molecule has 0 nitrogen and oxygen atoms in total. The van der Waals surface area contributed by atoms with Gasteiger partial charge in [-0.2, -0.15) is 0 Å². The van der Waals surface area contributed by atoms with Crippen LogP contribution >= 0.6 is 0 Å². The van der Waals surface area contributed by atoms with Gasteiger partial charge in [0, 0.05) is 0 Å². The van der Waals surface area contributed by atoms with Crippen LogP contribution in [0, 0.1) is 0 Å². The van der Waals surface area contributed by atoms with Crippen LogP contribution in [0.25, 0.3) is 43.4 Å². The van der Waals surface area contributed by atoms with Crippen LogP contribution in [0.3, 0.4) is 0 Å². The van der Waals surface area contributed by atoms with Gasteiger partial charge in [-0.05, 0) is 54.9 Å². The third-order valence-electron chi connectivity index (χ3n) is 5.60. The van der Waals surface area contributed by atoms with Crippen LogP contribution in [0.5, 0.6) is 0 Å². The van der Waals surface area contributed by atoms with Crippen molar-refractivity contribution in [2.24, 2.45) is 0 Å². The van der Waals surface area contributed by atoms with E-state index in [-0.39, 0.29) is 0 Å². The molecular formula is C27H22. The summed E-state index contributed by atoms with van der Waals surface area (Å²) in [7, 11) is 0. The highest BCUT2D eigenvalue weighted by Crippen LogP contribution is 2.44. The van der Waals surface area contributed by atoms with E-state index in [1.54, 1.807) is 0 Å². The van der Waals surface area contributed by atoms with Crippen molar-refractivity contribution in [3.63, 3.8) is 0 Å². The summed E-state index contributed by atoms with van der Waals surface area (Å²) in [5, 5.41) is 8.10. The lowest BCUT2D eigenvalue weighted by Crippen LogP contribution is -1.96. The fraction of sp³-hybridized carbons (Fsp3) is 0.111. The molecule has 0 aliphatic rings. The molecule has 0 fully saturated rings. The Balaban J connectivity index is 2.13. The minimum atomic E-state index is 0.461. The van der Waals surface area contributed by atoms with Crippen molar-refractivity contribution >= 4 is 32.3 Å². The molecule has 0 bridgehead atoms. The standard InChI is InChI=1S/C27H22/c1-18(2)25-22-14-8-9-15-23(22)26(20-11-4-3-5-12-20)27-21-13-7-6-10-19(21)16-17-24(25)27/h3-18H,1-2H3. The Morgan fingerprint density at radius 1 is 0.519 bits per heavy atom. The second-order valence-corrected chi connectivity index (χ2v) is 7.56. The predicted molar refractivity (Wildman–Crippen MR) is 118 cm³/mol. The number of hydrogen-bond donors (Lipinski definition) is 0. The lowest BCUT2D eigenvalue weighted by atomic mass is 9.83. The molecule has 130 valence electrons. The molecule has 5 rings (SSSR count). The van der Waals surface area contributed by atoms with Crippen LogP contribution in [-0.4, -0.2) is 0 Å². The van der Waals surface area contributed by atoms with Gasteiger partial charge in [0.1, 0.15) is 0 Å². The van der Waals surface area contributed by atoms with E-state index in [9.17, 15) is 0 Å². The Bertz CT molecular complexity index is 1280. The molecule has 0 unspecified atom stereocenters. The van der Waals surface area contributed by atoms with E-state index in [4.69, 9.17) is 0 Å². The van der Waals surface area contributed by atoms with E-state index in [0.29, 0.717) is 5.92 Å². The Labute approximate surface area is 160 Å². The number of rotatable bonds is 2. The van der Waals surface area contributed by atoms with Crippen LogP contribution in [0.1, 0.15) is 25.3 Å². The molecule has 0 heteroatoms. The van der Waals surface area contributed by atoms with Crippen LogP contribution in [-0.2, 0) is 0 Å². The van der Waals surface area contributed by atoms with Gasteiger partial charge >= 0.3 is 0 Å². The predicted octanol–water partition coefficient (Wildman–Crippen LogP) is 7.94. The van der Waals surface area contributed by atoms with Gasteiger partial charge in [0.25, 0.3) is 0 Å². The molecule has 0 aliphatic carbocycles. The molecule has 27 heavy (non-hydrogen) atoms. The van der Waals surface area contributed by atoms with Crippen LogP contribution < -0.4 is 0 Å². The SMILES string of the molecule is CC(C)c1c2ccccc2c(-c2ccccc2)c2c1ccc1ccccc12. The van der Waals surface area contributed by atoms with Gasteiger partial charge in [0.2, 0.25) is 0 Å². The van der Waals surface area contributed by atoms with Gasteiger partial charge in [0.15, 0.2) is 0 Å². The summed E-state index contributed by atoms with van der Waals surface area (Å²) < 4.78 is 0. The number of benzene rings is 5. The largest absolute Gasteiger partial charge is 0.0622 e. The van der Waals surface area contributed by atoms with Gasteiger partial charge in [-0.3, -0.25) is 0 Å². The van der Waals surface area contributed by atoms with E-state index in [0.717, 1.165) is 0 Å². The van der Waals surface area contributed by atoms with Crippen molar-refractivity contribution in [3.8, 4) is 11.1 Å². The average Bonchev–Trinajstić information content (AvgIpc) is 2.72. The normalized spacial score (nSPS) is 11.7. The minimum absolute atomic E-state index is 0.461. The van der Waals surface area contributed by atoms with Crippen LogP contribution in [0.4, 0.5) is 0 Å². The smallest absolute Gasteiger partial charge is 0.00175 e. The Kier molecular flexibility index (Phi) is 3.72. The minimum Gasteiger partial charge on any atom is -0.0622 e. The summed E-state index contributed by atoms with van der Waals surface area (Å²) in [5.41, 5.74) is 4.08. The van der Waals surface area contributed by atoms with Crippen LogP contribution in [0.2, 0.25) is 0 Å². The molecular weight excluding hydrogens is 324 g/mol. The lowest BCUT2D eigenvalue weighted by Gasteiger charge is -2.20. The maximum Gasteiger partial charge on any atom is -0.00175 e. The highest BCUT2D eigenvalue weighted by Gasteiger charge is 2.18. The molecule has 5 aromatic rings. The molecule has 0 saturated heterocycles. The number of hydrogen-bond acceptors (Lipinski definition) is 0. The lowest BCUT2D eigenvalue weighted by molar-refractivity contribution is 0.885. The van der Waals surface area contributed by atoms with E-state index >= 15 is 0 Å². The zero-order valence-electron chi connectivity index (χ0n) is 15.7. The second-order valence-electron chi connectivity index (χ2n) is 7.56. The van der Waals surface area contributed by atoms with Crippen molar-refractivity contribution in [1.29, 1.82) is 0 Å². The van der Waals surface area contributed by atoms with Crippen molar-refractivity contribution < 1.29 is 0 Å². The van der Waals surface area contributed by atoms with E-state index in [1.165, 1.54) is 49.0 Å². The molecule has 0 aromatic heterocycles. The topological polar surface area (TPSA) is 0 Å². The third kappa shape index (κ3) is 2.44. The molecule has 0 amide bonds. The summed E-state index contributed by atoms with van der Waals surface area (Å²) in [4.78, 5) is 0. The van der Waals surface area contributed by atoms with Gasteiger partial charge in [0.05, 0.1) is 0 Å². The molecule has 5 aromatic carbocycles. The first kappa shape index (κ1) is 16.1. The summed E-state index contributed by atoms with van der Waals surface area (Å²) in [6.45, 7) is 4.61. The van der Waals surface area contributed by atoms with Crippen LogP contribution in [0.15, 0.2) is 91.0 Å². The molecule has 0 heterocycles. The summed E-state index contributed by atoms with van der Waals surface area (Å²) in [6.07, 6.45) is 0. The van der Waals surface area contributed by atoms with Gasteiger partial charge in [-0.25, -0.2) is 0 Å². The molecule has 0 atom stereocenters. The average molecular weight is 346 g/mol. The first-order valence-electron chi connectivity index (χ1n) is 9.67. The third-order valence-corrected chi connectivity index (χ3v) is 5.60. The second kappa shape index (κ2) is 6.25. The molecule has 0 N–H and O–H groups in total. The summed E-state index contributed by atoms with van der Waals surface area (Å²) in [5.74, 6) is 0.461. The van der Waals surface area contributed by atoms with E-state index in [2.05, 4.69) is 105 Å². The maximum absolute atomic E-state index is 2.33.